The third-order valence-corrected chi connectivity index (χ3v) is 3.43. The fourth-order valence-electron chi connectivity index (χ4n) is 2.20. The average molecular weight is 301 g/mol. The van der Waals surface area contributed by atoms with E-state index >= 15 is 0 Å². The van der Waals surface area contributed by atoms with Crippen LogP contribution >= 0.6 is 11.6 Å². The first-order valence-electron chi connectivity index (χ1n) is 6.53. The van der Waals surface area contributed by atoms with Gasteiger partial charge >= 0.3 is 5.97 Å². The number of rotatable bonds is 6. The molecule has 20 heavy (non-hydrogen) atoms. The lowest BCUT2D eigenvalue weighted by Gasteiger charge is -2.24. The van der Waals surface area contributed by atoms with Gasteiger partial charge in [-0.05, 0) is 18.9 Å². The second kappa shape index (κ2) is 6.76. The van der Waals surface area contributed by atoms with Gasteiger partial charge < -0.3 is 19.7 Å². The molecule has 1 aromatic rings. The van der Waals surface area contributed by atoms with Crippen molar-refractivity contribution in [2.24, 2.45) is 0 Å². The molecule has 1 aliphatic heterocycles. The predicted molar refractivity (Wildman–Crippen MR) is 72.9 cm³/mol. The highest BCUT2D eigenvalue weighted by molar-refractivity contribution is 6.30. The molecule has 1 saturated heterocycles. The first-order chi connectivity index (χ1) is 9.56. The Bertz CT molecular complexity index is 482. The number of nitrogens with one attached hydrogen (secondary N) is 1. The van der Waals surface area contributed by atoms with E-state index in [9.17, 15) is 9.59 Å². The Labute approximate surface area is 121 Å². The lowest BCUT2D eigenvalue weighted by molar-refractivity contribution is -0.137. The van der Waals surface area contributed by atoms with Gasteiger partial charge in [-0.1, -0.05) is 11.6 Å². The van der Waals surface area contributed by atoms with E-state index in [1.807, 2.05) is 0 Å². The van der Waals surface area contributed by atoms with Crippen LogP contribution in [0.2, 0.25) is 5.02 Å². The molecule has 0 saturated carbocycles. The first kappa shape index (κ1) is 14.9. The number of nitrogens with zero attached hydrogens (tertiary/aromatic N) is 1. The SMILES string of the molecule is O=C(O)CCN(CC1CCCO1)C(=O)c1cc(Cl)c[nH]1. The van der Waals surface area contributed by atoms with E-state index in [4.69, 9.17) is 21.4 Å². The second-order valence-corrected chi connectivity index (χ2v) is 5.20. The summed E-state index contributed by atoms with van der Waals surface area (Å²) in [5.41, 5.74) is 0.360. The van der Waals surface area contributed by atoms with Crippen molar-refractivity contribution in [3.8, 4) is 0 Å². The van der Waals surface area contributed by atoms with Gasteiger partial charge in [0.2, 0.25) is 0 Å². The van der Waals surface area contributed by atoms with Gasteiger partial charge in [-0.25, -0.2) is 0 Å². The molecule has 1 atom stereocenters. The molecule has 2 N–H and O–H groups in total. The van der Waals surface area contributed by atoms with Gasteiger partial charge in [0.05, 0.1) is 17.5 Å². The maximum atomic E-state index is 12.3. The Hall–Kier alpha value is -1.53. The van der Waals surface area contributed by atoms with Crippen LogP contribution in [0.4, 0.5) is 0 Å². The van der Waals surface area contributed by atoms with Gasteiger partial charge in [0.25, 0.3) is 5.91 Å². The summed E-state index contributed by atoms with van der Waals surface area (Å²) < 4.78 is 5.50. The minimum atomic E-state index is -0.931. The first-order valence-corrected chi connectivity index (χ1v) is 6.90. The maximum Gasteiger partial charge on any atom is 0.305 e. The number of carboxylic acids is 1. The molecule has 2 rings (SSSR count). The molecule has 1 unspecified atom stereocenters. The zero-order valence-corrected chi connectivity index (χ0v) is 11.7. The average Bonchev–Trinajstić information content (AvgIpc) is 3.04. The largest absolute Gasteiger partial charge is 0.481 e. The van der Waals surface area contributed by atoms with Gasteiger partial charge in [0.1, 0.15) is 5.69 Å². The molecule has 1 fully saturated rings. The van der Waals surface area contributed by atoms with Gasteiger partial charge in [0, 0.05) is 25.9 Å². The van der Waals surface area contributed by atoms with Crippen LogP contribution in [-0.2, 0) is 9.53 Å². The molecule has 0 aromatic carbocycles. The number of halogens is 1. The van der Waals surface area contributed by atoms with Crippen LogP contribution in [-0.4, -0.2) is 52.7 Å². The van der Waals surface area contributed by atoms with Crippen LogP contribution < -0.4 is 0 Å². The summed E-state index contributed by atoms with van der Waals surface area (Å²) >= 11 is 5.79. The van der Waals surface area contributed by atoms with Crippen molar-refractivity contribution < 1.29 is 19.4 Å². The number of H-pyrrole nitrogens is 1. The van der Waals surface area contributed by atoms with Crippen LogP contribution in [0.3, 0.4) is 0 Å². The van der Waals surface area contributed by atoms with E-state index in [1.54, 1.807) is 0 Å². The standard InChI is InChI=1S/C13H17ClN2O4/c14-9-6-11(15-7-9)13(19)16(4-3-12(17)18)8-10-2-1-5-20-10/h6-7,10,15H,1-5,8H2,(H,17,18). The maximum absolute atomic E-state index is 12.3. The van der Waals surface area contributed by atoms with Gasteiger partial charge in [0.15, 0.2) is 0 Å². The normalized spacial score (nSPS) is 18.1. The summed E-state index contributed by atoms with van der Waals surface area (Å²) in [6.45, 7) is 1.26. The smallest absolute Gasteiger partial charge is 0.305 e. The number of ether oxygens (including phenoxy) is 1. The molecule has 0 radical (unpaired) electrons. The summed E-state index contributed by atoms with van der Waals surface area (Å²) in [5.74, 6) is -1.19. The van der Waals surface area contributed by atoms with Crippen LogP contribution in [0, 0.1) is 0 Å². The summed E-state index contributed by atoms with van der Waals surface area (Å²) in [6.07, 6.45) is 3.28. The van der Waals surface area contributed by atoms with Crippen molar-refractivity contribution in [3.63, 3.8) is 0 Å². The van der Waals surface area contributed by atoms with Crippen molar-refractivity contribution in [2.45, 2.75) is 25.4 Å². The van der Waals surface area contributed by atoms with Gasteiger partial charge in [-0.2, -0.15) is 0 Å². The molecule has 1 aliphatic rings. The number of aliphatic carboxylic acids is 1. The zero-order valence-electron chi connectivity index (χ0n) is 11.0. The number of carbonyl (C=O) groups excluding carboxylic acids is 1. The van der Waals surface area contributed by atoms with Crippen LogP contribution in [0.1, 0.15) is 29.8 Å². The minimum absolute atomic E-state index is 0.0156. The van der Waals surface area contributed by atoms with Crippen molar-refractivity contribution in [2.75, 3.05) is 19.7 Å². The van der Waals surface area contributed by atoms with Crippen molar-refractivity contribution in [1.82, 2.24) is 9.88 Å². The van der Waals surface area contributed by atoms with Gasteiger partial charge in [-0.15, -0.1) is 0 Å². The van der Waals surface area contributed by atoms with Crippen molar-refractivity contribution in [1.29, 1.82) is 0 Å². The fourth-order valence-corrected chi connectivity index (χ4v) is 2.37. The monoisotopic (exact) mass is 300 g/mol. The number of hydrogen-bond donors (Lipinski definition) is 2. The molecule has 6 nitrogen and oxygen atoms in total. The highest BCUT2D eigenvalue weighted by Gasteiger charge is 2.24. The van der Waals surface area contributed by atoms with E-state index in [0.717, 1.165) is 12.8 Å². The van der Waals surface area contributed by atoms with E-state index in [-0.39, 0.29) is 25.0 Å². The summed E-state index contributed by atoms with van der Waals surface area (Å²) in [7, 11) is 0. The lowest BCUT2D eigenvalue weighted by atomic mass is 10.2. The Morgan fingerprint density at radius 1 is 1.55 bits per heavy atom. The number of amides is 1. The summed E-state index contributed by atoms with van der Waals surface area (Å²) in [4.78, 5) is 27.3. The third-order valence-electron chi connectivity index (χ3n) is 3.21. The summed E-state index contributed by atoms with van der Waals surface area (Å²) in [6, 6.07) is 1.53. The topological polar surface area (TPSA) is 82.6 Å². The van der Waals surface area contributed by atoms with E-state index in [1.165, 1.54) is 17.2 Å². The number of hydrogen-bond acceptors (Lipinski definition) is 3. The predicted octanol–water partition coefficient (Wildman–Crippen LogP) is 1.76. The molecule has 0 spiro atoms. The lowest BCUT2D eigenvalue weighted by Crippen LogP contribution is -2.39. The van der Waals surface area contributed by atoms with Crippen LogP contribution in [0.5, 0.6) is 0 Å². The van der Waals surface area contributed by atoms with E-state index in [0.29, 0.717) is 23.9 Å². The minimum Gasteiger partial charge on any atom is -0.481 e. The quantitative estimate of drug-likeness (QED) is 0.838. The molecule has 2 heterocycles. The number of aromatic amines is 1. The highest BCUT2D eigenvalue weighted by Crippen LogP contribution is 2.16. The van der Waals surface area contributed by atoms with E-state index in [2.05, 4.69) is 4.98 Å². The molecule has 0 bridgehead atoms. The van der Waals surface area contributed by atoms with Crippen molar-refractivity contribution >= 4 is 23.5 Å². The Kier molecular flexibility index (Phi) is 5.03. The molecule has 0 aliphatic carbocycles. The highest BCUT2D eigenvalue weighted by atomic mass is 35.5. The molecule has 1 amide bonds. The fraction of sp³-hybridized carbons (Fsp3) is 0.538. The number of carboxylic acid groups (broad SMARTS) is 1. The third kappa shape index (κ3) is 3.98. The molecular weight excluding hydrogens is 284 g/mol. The Balaban J connectivity index is 2.03. The zero-order chi connectivity index (χ0) is 14.5. The van der Waals surface area contributed by atoms with Gasteiger partial charge in [-0.3, -0.25) is 9.59 Å². The number of aromatic nitrogens is 1. The van der Waals surface area contributed by atoms with Crippen LogP contribution in [0.25, 0.3) is 0 Å². The second-order valence-electron chi connectivity index (χ2n) is 4.76. The molecule has 1 aromatic heterocycles. The molecule has 7 heteroatoms. The van der Waals surface area contributed by atoms with Crippen LogP contribution in [0.15, 0.2) is 12.3 Å². The number of carbonyl (C=O) groups is 2. The van der Waals surface area contributed by atoms with Crippen molar-refractivity contribution in [3.05, 3.63) is 23.0 Å². The Morgan fingerprint density at radius 2 is 2.35 bits per heavy atom. The summed E-state index contributed by atoms with van der Waals surface area (Å²) in [5, 5.41) is 9.23. The molecule has 110 valence electrons. The Morgan fingerprint density at radius 3 is 2.90 bits per heavy atom. The molecular formula is C13H17ClN2O4. The van der Waals surface area contributed by atoms with E-state index < -0.39 is 5.97 Å².